The Morgan fingerprint density at radius 3 is 2.39 bits per heavy atom. The van der Waals surface area contributed by atoms with Gasteiger partial charge in [0, 0.05) is 24.3 Å². The maximum Gasteiger partial charge on any atom is 0.293 e. The summed E-state index contributed by atoms with van der Waals surface area (Å²) in [6, 6.07) is 13.5. The monoisotopic (exact) mass is 465 g/mol. The third-order valence-electron chi connectivity index (χ3n) is 4.88. The molecule has 2 amide bonds. The third-order valence-corrected chi connectivity index (χ3v) is 5.78. The zero-order valence-electron chi connectivity index (χ0n) is 17.1. The summed E-state index contributed by atoms with van der Waals surface area (Å²) in [5.41, 5.74) is 1.42. The molecule has 2 aromatic carbocycles. The summed E-state index contributed by atoms with van der Waals surface area (Å²) in [6.45, 7) is 1.72. The minimum Gasteiger partial charge on any atom is -0.456 e. The van der Waals surface area contributed by atoms with Crippen molar-refractivity contribution >= 4 is 40.4 Å². The van der Waals surface area contributed by atoms with Gasteiger partial charge in [-0.3, -0.25) is 34.7 Å². The van der Waals surface area contributed by atoms with Crippen molar-refractivity contribution in [3.05, 3.63) is 96.6 Å². The smallest absolute Gasteiger partial charge is 0.293 e. The largest absolute Gasteiger partial charge is 0.456 e. The number of carbonyl (C=O) groups is 2. The van der Waals surface area contributed by atoms with Gasteiger partial charge in [0.1, 0.15) is 11.5 Å². The summed E-state index contributed by atoms with van der Waals surface area (Å²) in [5, 5.41) is 21.7. The third kappa shape index (κ3) is 4.53. The molecule has 4 rings (SSSR count). The van der Waals surface area contributed by atoms with Crippen LogP contribution < -0.4 is 0 Å². The van der Waals surface area contributed by atoms with Gasteiger partial charge in [0.2, 0.25) is 0 Å². The lowest BCUT2D eigenvalue weighted by atomic mass is 10.1. The minimum atomic E-state index is -0.532. The molecule has 0 N–H and O–H groups in total. The van der Waals surface area contributed by atoms with Crippen LogP contribution in [0.3, 0.4) is 0 Å². The van der Waals surface area contributed by atoms with Crippen molar-refractivity contribution in [1.82, 2.24) is 4.90 Å². The van der Waals surface area contributed by atoms with E-state index in [9.17, 15) is 29.8 Å². The molecule has 0 radical (unpaired) electrons. The standard InChI is InChI=1S/C22H15N3O7S/c1-13-2-8-17(18(10-13)25(30)31)19-9-7-16(32-19)11-20-21(26)23(22(27)33-20)12-14-3-5-15(6-4-14)24(28)29/h2-11H,12H2,1H3/b20-11+. The maximum absolute atomic E-state index is 12.7. The van der Waals surface area contributed by atoms with E-state index in [-0.39, 0.29) is 34.3 Å². The quantitative estimate of drug-likeness (QED) is 0.271. The Bertz CT molecular complexity index is 1330. The Morgan fingerprint density at radius 2 is 1.73 bits per heavy atom. The molecule has 1 aliphatic rings. The lowest BCUT2D eigenvalue weighted by Gasteiger charge is -2.12. The van der Waals surface area contributed by atoms with Gasteiger partial charge in [-0.2, -0.15) is 0 Å². The van der Waals surface area contributed by atoms with Gasteiger partial charge in [0.25, 0.3) is 22.5 Å². The lowest BCUT2D eigenvalue weighted by Crippen LogP contribution is -2.27. The summed E-state index contributed by atoms with van der Waals surface area (Å²) in [5.74, 6) is 0.00128. The molecule has 1 fully saturated rings. The Balaban J connectivity index is 1.54. The molecular weight excluding hydrogens is 450 g/mol. The van der Waals surface area contributed by atoms with E-state index < -0.39 is 21.0 Å². The first-order valence-electron chi connectivity index (χ1n) is 9.57. The van der Waals surface area contributed by atoms with Gasteiger partial charge < -0.3 is 4.42 Å². The van der Waals surface area contributed by atoms with Crippen molar-refractivity contribution in [3.8, 4) is 11.3 Å². The SMILES string of the molecule is Cc1ccc(-c2ccc(/C=C3/SC(=O)N(Cc4ccc([N+](=O)[O-])cc4)C3=O)o2)c([N+](=O)[O-])c1. The van der Waals surface area contributed by atoms with Gasteiger partial charge >= 0.3 is 0 Å². The van der Waals surface area contributed by atoms with E-state index >= 15 is 0 Å². The predicted molar refractivity (Wildman–Crippen MR) is 120 cm³/mol. The number of aryl methyl sites for hydroxylation is 1. The van der Waals surface area contributed by atoms with Crippen molar-refractivity contribution in [2.75, 3.05) is 0 Å². The number of thioether (sulfide) groups is 1. The van der Waals surface area contributed by atoms with Crippen LogP contribution in [0, 0.1) is 27.2 Å². The first kappa shape index (κ1) is 22.0. The van der Waals surface area contributed by atoms with Gasteiger partial charge in [-0.15, -0.1) is 0 Å². The van der Waals surface area contributed by atoms with Crippen LogP contribution in [0.1, 0.15) is 16.9 Å². The number of non-ortho nitro benzene ring substituents is 1. The number of hydrogen-bond acceptors (Lipinski definition) is 8. The van der Waals surface area contributed by atoms with Gasteiger partial charge in [-0.05, 0) is 48.0 Å². The highest BCUT2D eigenvalue weighted by Crippen LogP contribution is 2.36. The topological polar surface area (TPSA) is 137 Å². The number of nitro benzene ring substituents is 2. The molecule has 1 saturated heterocycles. The molecule has 10 nitrogen and oxygen atoms in total. The second kappa shape index (κ2) is 8.71. The molecule has 0 bridgehead atoms. The molecule has 0 spiro atoms. The number of carbonyl (C=O) groups excluding carboxylic acids is 2. The van der Waals surface area contributed by atoms with Gasteiger partial charge in [0.05, 0.1) is 26.9 Å². The number of amides is 2. The number of nitrogens with zero attached hydrogens (tertiary/aromatic N) is 3. The summed E-state index contributed by atoms with van der Waals surface area (Å²) < 4.78 is 5.69. The van der Waals surface area contributed by atoms with Crippen LogP contribution in [0.25, 0.3) is 17.4 Å². The number of nitro groups is 2. The lowest BCUT2D eigenvalue weighted by molar-refractivity contribution is -0.384. The van der Waals surface area contributed by atoms with E-state index in [0.29, 0.717) is 11.1 Å². The Kier molecular flexibility index (Phi) is 5.80. The Hall–Kier alpha value is -4.25. The fourth-order valence-electron chi connectivity index (χ4n) is 3.25. The van der Waals surface area contributed by atoms with Crippen LogP contribution in [-0.2, 0) is 11.3 Å². The van der Waals surface area contributed by atoms with Gasteiger partial charge in [-0.25, -0.2) is 0 Å². The molecule has 3 aromatic rings. The predicted octanol–water partition coefficient (Wildman–Crippen LogP) is 5.31. The zero-order valence-corrected chi connectivity index (χ0v) is 17.9. The number of rotatable bonds is 6. The molecule has 0 unspecified atom stereocenters. The van der Waals surface area contributed by atoms with Crippen molar-refractivity contribution in [1.29, 1.82) is 0 Å². The molecule has 0 saturated carbocycles. The van der Waals surface area contributed by atoms with Gasteiger partial charge in [0.15, 0.2) is 0 Å². The van der Waals surface area contributed by atoms with Crippen LogP contribution >= 0.6 is 11.8 Å². The summed E-state index contributed by atoms with van der Waals surface area (Å²) >= 11 is 0.741. The average Bonchev–Trinajstić information content (AvgIpc) is 3.34. The fraction of sp³-hybridized carbons (Fsp3) is 0.0909. The zero-order chi connectivity index (χ0) is 23.7. The highest BCUT2D eigenvalue weighted by Gasteiger charge is 2.35. The molecule has 33 heavy (non-hydrogen) atoms. The molecule has 2 heterocycles. The van der Waals surface area contributed by atoms with E-state index in [1.807, 2.05) is 0 Å². The number of furan rings is 1. The molecule has 11 heteroatoms. The second-order valence-electron chi connectivity index (χ2n) is 7.17. The first-order valence-corrected chi connectivity index (χ1v) is 10.4. The Morgan fingerprint density at radius 1 is 1.00 bits per heavy atom. The van der Waals surface area contributed by atoms with E-state index in [2.05, 4.69) is 0 Å². The molecule has 0 atom stereocenters. The molecular formula is C22H15N3O7S. The van der Waals surface area contributed by atoms with Crippen molar-refractivity contribution in [2.24, 2.45) is 0 Å². The summed E-state index contributed by atoms with van der Waals surface area (Å²) in [4.78, 5) is 47.4. The highest BCUT2D eigenvalue weighted by molar-refractivity contribution is 8.18. The van der Waals surface area contributed by atoms with Crippen LogP contribution in [-0.4, -0.2) is 25.9 Å². The van der Waals surface area contributed by atoms with Crippen LogP contribution in [0.4, 0.5) is 16.2 Å². The normalized spacial score (nSPS) is 14.8. The molecule has 1 aliphatic heterocycles. The van der Waals surface area contributed by atoms with Crippen molar-refractivity contribution < 1.29 is 23.9 Å². The number of imide groups is 1. The van der Waals surface area contributed by atoms with Crippen LogP contribution in [0.5, 0.6) is 0 Å². The average molecular weight is 465 g/mol. The molecule has 1 aromatic heterocycles. The van der Waals surface area contributed by atoms with Crippen molar-refractivity contribution in [2.45, 2.75) is 13.5 Å². The van der Waals surface area contributed by atoms with E-state index in [1.54, 1.807) is 31.2 Å². The van der Waals surface area contributed by atoms with E-state index in [0.717, 1.165) is 22.2 Å². The van der Waals surface area contributed by atoms with E-state index in [4.69, 9.17) is 4.42 Å². The van der Waals surface area contributed by atoms with Crippen LogP contribution in [0.15, 0.2) is 63.9 Å². The minimum absolute atomic E-state index is 0.0288. The second-order valence-corrected chi connectivity index (χ2v) is 8.16. The van der Waals surface area contributed by atoms with Crippen molar-refractivity contribution in [3.63, 3.8) is 0 Å². The summed E-state index contributed by atoms with van der Waals surface area (Å²) in [7, 11) is 0. The number of hydrogen-bond donors (Lipinski definition) is 0. The number of benzene rings is 2. The molecule has 0 aliphatic carbocycles. The first-order chi connectivity index (χ1) is 15.7. The summed E-state index contributed by atoms with van der Waals surface area (Å²) in [6.07, 6.45) is 1.41. The van der Waals surface area contributed by atoms with Crippen LogP contribution in [0.2, 0.25) is 0 Å². The van der Waals surface area contributed by atoms with Gasteiger partial charge in [-0.1, -0.05) is 18.2 Å². The fourth-order valence-corrected chi connectivity index (χ4v) is 4.07. The highest BCUT2D eigenvalue weighted by atomic mass is 32.2. The Labute approximate surface area is 190 Å². The van der Waals surface area contributed by atoms with E-state index in [1.165, 1.54) is 36.4 Å². The molecule has 166 valence electrons. The maximum atomic E-state index is 12.7.